The van der Waals surface area contributed by atoms with Crippen LogP contribution in [0.15, 0.2) is 0 Å². The Hall–Kier alpha value is -0.610. The third-order valence-electron chi connectivity index (χ3n) is 2.57. The molecule has 4 heteroatoms. The molecule has 0 bridgehead atoms. The summed E-state index contributed by atoms with van der Waals surface area (Å²) in [4.78, 5) is 11.7. The van der Waals surface area contributed by atoms with Crippen molar-refractivity contribution in [2.75, 3.05) is 20.2 Å². The van der Waals surface area contributed by atoms with Crippen LogP contribution < -0.4 is 10.6 Å². The minimum atomic E-state index is -0.697. The average Bonchev–Trinajstić information content (AvgIpc) is 2.22. The van der Waals surface area contributed by atoms with Crippen molar-refractivity contribution in [3.05, 3.63) is 0 Å². The average molecular weight is 216 g/mol. The lowest BCUT2D eigenvalue weighted by atomic mass is 10.0. The first-order valence-electron chi connectivity index (χ1n) is 5.53. The van der Waals surface area contributed by atoms with Crippen LogP contribution in [-0.2, 0) is 9.53 Å². The van der Waals surface area contributed by atoms with Gasteiger partial charge in [0.05, 0.1) is 0 Å². The van der Waals surface area contributed by atoms with Gasteiger partial charge in [-0.15, -0.1) is 0 Å². The van der Waals surface area contributed by atoms with E-state index in [2.05, 4.69) is 24.5 Å². The smallest absolute Gasteiger partial charge is 0.251 e. The highest BCUT2D eigenvalue weighted by atomic mass is 16.5. The molecule has 1 unspecified atom stereocenters. The summed E-state index contributed by atoms with van der Waals surface area (Å²) in [5.74, 6) is -0.0435. The molecule has 0 radical (unpaired) electrons. The maximum Gasteiger partial charge on any atom is 0.251 e. The first-order chi connectivity index (χ1) is 6.96. The predicted molar refractivity (Wildman–Crippen MR) is 61.9 cm³/mol. The van der Waals surface area contributed by atoms with Gasteiger partial charge in [0.15, 0.2) is 0 Å². The van der Waals surface area contributed by atoms with E-state index in [0.717, 1.165) is 6.54 Å². The quantitative estimate of drug-likeness (QED) is 0.622. The van der Waals surface area contributed by atoms with Gasteiger partial charge in [-0.05, 0) is 13.3 Å². The number of ether oxygens (including phenoxy) is 1. The van der Waals surface area contributed by atoms with E-state index >= 15 is 0 Å². The van der Waals surface area contributed by atoms with Gasteiger partial charge < -0.3 is 15.4 Å². The maximum absolute atomic E-state index is 11.7. The van der Waals surface area contributed by atoms with Gasteiger partial charge >= 0.3 is 0 Å². The topological polar surface area (TPSA) is 50.4 Å². The zero-order valence-electron chi connectivity index (χ0n) is 10.5. The van der Waals surface area contributed by atoms with Crippen molar-refractivity contribution in [2.45, 2.75) is 45.8 Å². The van der Waals surface area contributed by atoms with E-state index in [1.54, 1.807) is 14.0 Å². The van der Waals surface area contributed by atoms with Crippen LogP contribution in [0.4, 0.5) is 0 Å². The van der Waals surface area contributed by atoms with Gasteiger partial charge in [0, 0.05) is 26.2 Å². The minimum absolute atomic E-state index is 0.0435. The molecule has 4 nitrogen and oxygen atoms in total. The van der Waals surface area contributed by atoms with Gasteiger partial charge in [-0.25, -0.2) is 0 Å². The number of carbonyl (C=O) groups excluding carboxylic acids is 1. The summed E-state index contributed by atoms with van der Waals surface area (Å²) in [5, 5.41) is 6.09. The van der Waals surface area contributed by atoms with Crippen LogP contribution in [0.5, 0.6) is 0 Å². The normalized spacial score (nSPS) is 15.1. The fraction of sp³-hybridized carbons (Fsp3) is 0.909. The van der Waals surface area contributed by atoms with Crippen molar-refractivity contribution in [2.24, 2.45) is 0 Å². The number of carbonyl (C=O) groups is 1. The third kappa shape index (κ3) is 5.14. The Morgan fingerprint density at radius 3 is 2.40 bits per heavy atom. The molecule has 15 heavy (non-hydrogen) atoms. The van der Waals surface area contributed by atoms with Crippen LogP contribution in [0.2, 0.25) is 0 Å². The molecular weight excluding hydrogens is 192 g/mol. The Balaban J connectivity index is 3.82. The lowest BCUT2D eigenvalue weighted by molar-refractivity contribution is -0.141. The van der Waals surface area contributed by atoms with Gasteiger partial charge in [-0.2, -0.15) is 0 Å². The summed E-state index contributed by atoms with van der Waals surface area (Å²) in [6.07, 6.45) is 0.674. The lowest BCUT2D eigenvalue weighted by Gasteiger charge is -2.25. The fourth-order valence-corrected chi connectivity index (χ4v) is 1.12. The molecule has 1 atom stereocenters. The molecule has 0 saturated heterocycles. The van der Waals surface area contributed by atoms with E-state index in [0.29, 0.717) is 19.0 Å². The van der Waals surface area contributed by atoms with Crippen molar-refractivity contribution in [3.8, 4) is 0 Å². The van der Waals surface area contributed by atoms with Crippen LogP contribution >= 0.6 is 0 Å². The highest BCUT2D eigenvalue weighted by Crippen LogP contribution is 2.13. The minimum Gasteiger partial charge on any atom is -0.369 e. The van der Waals surface area contributed by atoms with E-state index in [9.17, 15) is 4.79 Å². The Bertz CT molecular complexity index is 189. The highest BCUT2D eigenvalue weighted by molar-refractivity contribution is 5.84. The second kappa shape index (κ2) is 6.80. The molecule has 0 aliphatic carbocycles. The number of hydrogen-bond donors (Lipinski definition) is 2. The molecule has 0 aliphatic heterocycles. The first kappa shape index (κ1) is 14.4. The zero-order chi connectivity index (χ0) is 11.9. The van der Waals surface area contributed by atoms with Crippen molar-refractivity contribution < 1.29 is 9.53 Å². The Morgan fingerprint density at radius 1 is 1.40 bits per heavy atom. The van der Waals surface area contributed by atoms with Crippen molar-refractivity contribution >= 4 is 5.91 Å². The molecule has 1 amide bonds. The van der Waals surface area contributed by atoms with Gasteiger partial charge in [0.1, 0.15) is 5.60 Å². The number of rotatable bonds is 7. The molecule has 2 N–H and O–H groups in total. The van der Waals surface area contributed by atoms with E-state index < -0.39 is 5.60 Å². The molecule has 0 aromatic carbocycles. The second-order valence-corrected chi connectivity index (χ2v) is 4.15. The van der Waals surface area contributed by atoms with Crippen LogP contribution in [0, 0.1) is 0 Å². The maximum atomic E-state index is 11.7. The SMILES string of the molecule is CCC(C)(OC)C(=O)NCCNC(C)C. The van der Waals surface area contributed by atoms with Crippen LogP contribution in [0.1, 0.15) is 34.1 Å². The molecule has 0 heterocycles. The van der Waals surface area contributed by atoms with Crippen LogP contribution in [-0.4, -0.2) is 37.7 Å². The highest BCUT2D eigenvalue weighted by Gasteiger charge is 2.30. The molecule has 90 valence electrons. The lowest BCUT2D eigenvalue weighted by Crippen LogP contribution is -2.47. The first-order valence-corrected chi connectivity index (χ1v) is 5.53. The molecule has 0 saturated carbocycles. The van der Waals surface area contributed by atoms with Crippen molar-refractivity contribution in [1.82, 2.24) is 10.6 Å². The van der Waals surface area contributed by atoms with Gasteiger partial charge in [0.2, 0.25) is 0 Å². The summed E-state index contributed by atoms with van der Waals surface area (Å²) in [5.41, 5.74) is -0.697. The zero-order valence-corrected chi connectivity index (χ0v) is 10.5. The molecular formula is C11H24N2O2. The summed E-state index contributed by atoms with van der Waals surface area (Å²) in [7, 11) is 1.56. The second-order valence-electron chi connectivity index (χ2n) is 4.15. The largest absolute Gasteiger partial charge is 0.369 e. The Kier molecular flexibility index (Phi) is 6.52. The monoisotopic (exact) mass is 216 g/mol. The van der Waals surface area contributed by atoms with Crippen molar-refractivity contribution in [3.63, 3.8) is 0 Å². The van der Waals surface area contributed by atoms with E-state index in [4.69, 9.17) is 4.74 Å². The van der Waals surface area contributed by atoms with E-state index in [-0.39, 0.29) is 5.91 Å². The summed E-state index contributed by atoms with van der Waals surface area (Å²) in [6, 6.07) is 0.446. The number of amides is 1. The molecule has 0 aliphatic rings. The molecule has 0 aromatic rings. The Labute approximate surface area is 92.8 Å². The number of methoxy groups -OCH3 is 1. The summed E-state index contributed by atoms with van der Waals surface area (Å²) in [6.45, 7) is 9.32. The van der Waals surface area contributed by atoms with Gasteiger partial charge in [-0.1, -0.05) is 20.8 Å². The number of hydrogen-bond acceptors (Lipinski definition) is 3. The number of nitrogens with one attached hydrogen (secondary N) is 2. The van der Waals surface area contributed by atoms with Gasteiger partial charge in [-0.3, -0.25) is 4.79 Å². The third-order valence-corrected chi connectivity index (χ3v) is 2.57. The van der Waals surface area contributed by atoms with Crippen molar-refractivity contribution in [1.29, 1.82) is 0 Å². The van der Waals surface area contributed by atoms with Gasteiger partial charge in [0.25, 0.3) is 5.91 Å². The molecule has 0 aromatic heterocycles. The molecule has 0 rings (SSSR count). The molecule has 0 fully saturated rings. The van der Waals surface area contributed by atoms with Crippen LogP contribution in [0.25, 0.3) is 0 Å². The van der Waals surface area contributed by atoms with E-state index in [1.165, 1.54) is 0 Å². The Morgan fingerprint density at radius 2 is 2.00 bits per heavy atom. The molecule has 0 spiro atoms. The van der Waals surface area contributed by atoms with E-state index in [1.807, 2.05) is 6.92 Å². The fourth-order valence-electron chi connectivity index (χ4n) is 1.12. The predicted octanol–water partition coefficient (Wildman–Crippen LogP) is 0.916. The summed E-state index contributed by atoms with van der Waals surface area (Å²) < 4.78 is 5.19. The standard InChI is InChI=1S/C11H24N2O2/c1-6-11(4,15-5)10(14)13-8-7-12-9(2)3/h9,12H,6-8H2,1-5H3,(H,13,14). The van der Waals surface area contributed by atoms with Crippen LogP contribution in [0.3, 0.4) is 0 Å². The summed E-state index contributed by atoms with van der Waals surface area (Å²) >= 11 is 0.